The van der Waals surface area contributed by atoms with Gasteiger partial charge in [-0.1, -0.05) is 24.3 Å². The third kappa shape index (κ3) is 3.50. The molecule has 3 heterocycles. The van der Waals surface area contributed by atoms with Crippen molar-refractivity contribution in [3.8, 4) is 10.8 Å². The van der Waals surface area contributed by atoms with Crippen LogP contribution in [0, 0.1) is 6.92 Å². The van der Waals surface area contributed by atoms with Crippen LogP contribution in [0.25, 0.3) is 10.8 Å². The molecule has 0 radical (unpaired) electrons. The Hall–Kier alpha value is -2.93. The SMILES string of the molecule is Cc1ccc(-c2nc(CC(=O)N3Cc4ccccc4CC3C(=O)O)cs2)o1. The lowest BCUT2D eigenvalue weighted by atomic mass is 9.93. The molecule has 7 heteroatoms. The van der Waals surface area contributed by atoms with E-state index in [2.05, 4.69) is 4.98 Å². The Kier molecular flexibility index (Phi) is 4.53. The molecule has 4 rings (SSSR count). The van der Waals surface area contributed by atoms with E-state index < -0.39 is 12.0 Å². The number of furan rings is 1. The molecule has 0 spiro atoms. The van der Waals surface area contributed by atoms with Crippen molar-refractivity contribution < 1.29 is 19.1 Å². The zero-order valence-electron chi connectivity index (χ0n) is 14.7. The van der Waals surface area contributed by atoms with Gasteiger partial charge in [0.25, 0.3) is 0 Å². The fourth-order valence-electron chi connectivity index (χ4n) is 3.31. The summed E-state index contributed by atoms with van der Waals surface area (Å²) in [6.45, 7) is 2.17. The lowest BCUT2D eigenvalue weighted by Crippen LogP contribution is -2.49. The quantitative estimate of drug-likeness (QED) is 0.749. The average Bonchev–Trinajstić information content (AvgIpc) is 3.29. The molecule has 0 bridgehead atoms. The van der Waals surface area contributed by atoms with Gasteiger partial charge >= 0.3 is 5.97 Å². The van der Waals surface area contributed by atoms with E-state index in [0.29, 0.717) is 29.4 Å². The molecular formula is C20H18N2O4S. The number of amides is 1. The number of aromatic nitrogens is 1. The molecule has 0 fully saturated rings. The maximum absolute atomic E-state index is 12.8. The molecule has 138 valence electrons. The largest absolute Gasteiger partial charge is 0.480 e. The van der Waals surface area contributed by atoms with Crippen LogP contribution in [-0.4, -0.2) is 32.9 Å². The summed E-state index contributed by atoms with van der Waals surface area (Å²) in [5.74, 6) is 0.257. The normalized spacial score (nSPS) is 16.2. The Morgan fingerprint density at radius 1 is 1.26 bits per heavy atom. The van der Waals surface area contributed by atoms with Crippen molar-refractivity contribution in [1.29, 1.82) is 0 Å². The number of carbonyl (C=O) groups excluding carboxylic acids is 1. The van der Waals surface area contributed by atoms with Crippen molar-refractivity contribution in [3.05, 3.63) is 64.4 Å². The van der Waals surface area contributed by atoms with Crippen molar-refractivity contribution in [2.75, 3.05) is 0 Å². The molecule has 0 saturated carbocycles. The van der Waals surface area contributed by atoms with Crippen LogP contribution in [0.15, 0.2) is 46.2 Å². The number of carboxylic acids is 1. The van der Waals surface area contributed by atoms with Crippen molar-refractivity contribution in [2.45, 2.75) is 32.4 Å². The van der Waals surface area contributed by atoms with Crippen LogP contribution in [-0.2, 0) is 29.0 Å². The summed E-state index contributed by atoms with van der Waals surface area (Å²) < 4.78 is 5.57. The van der Waals surface area contributed by atoms with Gasteiger partial charge in [-0.2, -0.15) is 0 Å². The fraction of sp³-hybridized carbons (Fsp3) is 0.250. The van der Waals surface area contributed by atoms with Gasteiger partial charge in [-0.3, -0.25) is 4.79 Å². The van der Waals surface area contributed by atoms with Gasteiger partial charge in [0.05, 0.1) is 12.1 Å². The topological polar surface area (TPSA) is 83.6 Å². The maximum atomic E-state index is 12.8. The van der Waals surface area contributed by atoms with Crippen LogP contribution in [0.2, 0.25) is 0 Å². The van der Waals surface area contributed by atoms with Crippen LogP contribution in [0.3, 0.4) is 0 Å². The number of aryl methyl sites for hydroxylation is 1. The summed E-state index contributed by atoms with van der Waals surface area (Å²) in [5.41, 5.74) is 2.60. The molecule has 1 aliphatic rings. The Balaban J connectivity index is 1.53. The van der Waals surface area contributed by atoms with Gasteiger partial charge in [0.1, 0.15) is 11.8 Å². The second kappa shape index (κ2) is 7.00. The molecular weight excluding hydrogens is 364 g/mol. The maximum Gasteiger partial charge on any atom is 0.326 e. The summed E-state index contributed by atoms with van der Waals surface area (Å²) in [5, 5.41) is 12.1. The highest BCUT2D eigenvalue weighted by atomic mass is 32.1. The molecule has 6 nitrogen and oxygen atoms in total. The van der Waals surface area contributed by atoms with E-state index in [1.807, 2.05) is 48.7 Å². The van der Waals surface area contributed by atoms with Crippen LogP contribution in [0.4, 0.5) is 0 Å². The molecule has 0 saturated heterocycles. The molecule has 1 aromatic carbocycles. The molecule has 1 atom stereocenters. The van der Waals surface area contributed by atoms with E-state index in [4.69, 9.17) is 4.42 Å². The first-order chi connectivity index (χ1) is 13.0. The highest BCUT2D eigenvalue weighted by Gasteiger charge is 2.34. The second-order valence-electron chi connectivity index (χ2n) is 6.58. The molecule has 3 aromatic rings. The number of benzene rings is 1. The predicted molar refractivity (Wildman–Crippen MR) is 100 cm³/mol. The summed E-state index contributed by atoms with van der Waals surface area (Å²) in [4.78, 5) is 30.5. The van der Waals surface area contributed by atoms with Gasteiger partial charge < -0.3 is 14.4 Å². The van der Waals surface area contributed by atoms with E-state index in [0.717, 1.165) is 16.9 Å². The summed E-state index contributed by atoms with van der Waals surface area (Å²) >= 11 is 1.41. The highest BCUT2D eigenvalue weighted by molar-refractivity contribution is 7.13. The van der Waals surface area contributed by atoms with Crippen molar-refractivity contribution >= 4 is 23.2 Å². The third-order valence-corrected chi connectivity index (χ3v) is 5.59. The van der Waals surface area contributed by atoms with Gasteiger partial charge in [-0.05, 0) is 30.2 Å². The van der Waals surface area contributed by atoms with Crippen molar-refractivity contribution in [3.63, 3.8) is 0 Å². The standard InChI is InChI=1S/C20H18N2O4S/c1-12-6-7-17(26-12)19-21-15(11-27-19)9-18(23)22-10-14-5-3-2-4-13(14)8-16(22)20(24)25/h2-7,11,16H,8-10H2,1H3,(H,24,25). The molecule has 1 unspecified atom stereocenters. The predicted octanol–water partition coefficient (Wildman–Crippen LogP) is 3.29. The number of rotatable bonds is 4. The van der Waals surface area contributed by atoms with Crippen molar-refractivity contribution in [2.24, 2.45) is 0 Å². The van der Waals surface area contributed by atoms with Gasteiger partial charge in [0.2, 0.25) is 5.91 Å². The lowest BCUT2D eigenvalue weighted by molar-refractivity contribution is -0.151. The molecule has 1 aliphatic heterocycles. The Morgan fingerprint density at radius 3 is 2.74 bits per heavy atom. The summed E-state index contributed by atoms with van der Waals surface area (Å²) in [6.07, 6.45) is 0.396. The first-order valence-corrected chi connectivity index (χ1v) is 9.49. The number of fused-ring (bicyclic) bond motifs is 1. The fourth-order valence-corrected chi connectivity index (χ4v) is 4.09. The Labute approximate surface area is 160 Å². The first-order valence-electron chi connectivity index (χ1n) is 8.61. The van der Waals surface area contributed by atoms with E-state index in [-0.39, 0.29) is 12.3 Å². The number of hydrogen-bond acceptors (Lipinski definition) is 5. The van der Waals surface area contributed by atoms with E-state index in [1.165, 1.54) is 16.2 Å². The number of nitrogens with zero attached hydrogens (tertiary/aromatic N) is 2. The number of carboxylic acid groups (broad SMARTS) is 1. The molecule has 2 aromatic heterocycles. The van der Waals surface area contributed by atoms with Crippen molar-refractivity contribution in [1.82, 2.24) is 9.88 Å². The number of thiazole rings is 1. The van der Waals surface area contributed by atoms with E-state index >= 15 is 0 Å². The Bertz CT molecular complexity index is 1010. The molecule has 27 heavy (non-hydrogen) atoms. The minimum absolute atomic E-state index is 0.0716. The third-order valence-electron chi connectivity index (χ3n) is 4.69. The van der Waals surface area contributed by atoms with Crippen LogP contribution in [0.1, 0.15) is 22.6 Å². The number of hydrogen-bond donors (Lipinski definition) is 1. The van der Waals surface area contributed by atoms with Crippen LogP contribution in [0.5, 0.6) is 0 Å². The molecule has 1 N–H and O–H groups in total. The van der Waals surface area contributed by atoms with Crippen LogP contribution >= 0.6 is 11.3 Å². The highest BCUT2D eigenvalue weighted by Crippen LogP contribution is 2.27. The zero-order valence-corrected chi connectivity index (χ0v) is 15.5. The minimum atomic E-state index is -0.983. The monoisotopic (exact) mass is 382 g/mol. The first kappa shape index (κ1) is 17.5. The lowest BCUT2D eigenvalue weighted by Gasteiger charge is -2.34. The summed E-state index contributed by atoms with van der Waals surface area (Å²) in [7, 11) is 0. The van der Waals surface area contributed by atoms with E-state index in [1.54, 1.807) is 0 Å². The van der Waals surface area contributed by atoms with Gasteiger partial charge in [0, 0.05) is 18.3 Å². The molecule has 0 aliphatic carbocycles. The second-order valence-corrected chi connectivity index (χ2v) is 7.44. The Morgan fingerprint density at radius 2 is 2.04 bits per heavy atom. The van der Waals surface area contributed by atoms with Gasteiger partial charge in [0.15, 0.2) is 10.8 Å². The zero-order chi connectivity index (χ0) is 19.0. The average molecular weight is 382 g/mol. The molecule has 1 amide bonds. The van der Waals surface area contributed by atoms with Gasteiger partial charge in [-0.25, -0.2) is 9.78 Å². The van der Waals surface area contributed by atoms with E-state index in [9.17, 15) is 14.7 Å². The van der Waals surface area contributed by atoms with Crippen LogP contribution < -0.4 is 0 Å². The summed E-state index contributed by atoms with van der Waals surface area (Å²) in [6, 6.07) is 10.5. The number of aliphatic carboxylic acids is 1. The minimum Gasteiger partial charge on any atom is -0.480 e. The number of carbonyl (C=O) groups is 2. The smallest absolute Gasteiger partial charge is 0.326 e. The van der Waals surface area contributed by atoms with Gasteiger partial charge in [-0.15, -0.1) is 11.3 Å².